The van der Waals surface area contributed by atoms with Crippen LogP contribution in [-0.2, 0) is 5.41 Å². The van der Waals surface area contributed by atoms with Crippen LogP contribution < -0.4 is 15.8 Å². The maximum atomic E-state index is 6.39. The van der Waals surface area contributed by atoms with Gasteiger partial charge in [-0.1, -0.05) is 36.2 Å². The number of hydrogen-bond donors (Lipinski definition) is 2. The zero-order chi connectivity index (χ0) is 17.0. The van der Waals surface area contributed by atoms with Gasteiger partial charge in [0.1, 0.15) is 5.75 Å². The van der Waals surface area contributed by atoms with Crippen LogP contribution in [0.3, 0.4) is 0 Å². The fourth-order valence-electron chi connectivity index (χ4n) is 3.11. The summed E-state index contributed by atoms with van der Waals surface area (Å²) in [6.45, 7) is 0.645. The fourth-order valence-corrected chi connectivity index (χ4v) is 3.44. The molecule has 0 unspecified atom stereocenters. The number of hydrogen-bond acceptors (Lipinski definition) is 2. The van der Waals surface area contributed by atoms with Gasteiger partial charge in [0.15, 0.2) is 5.96 Å². The minimum Gasteiger partial charge on any atom is -0.497 e. The lowest BCUT2D eigenvalue weighted by atomic mass is 9.64. The van der Waals surface area contributed by atoms with Crippen molar-refractivity contribution in [3.8, 4) is 5.75 Å². The Bertz CT molecular complexity index is 730. The summed E-state index contributed by atoms with van der Waals surface area (Å²) in [5.74, 6) is 1.22. The van der Waals surface area contributed by atoms with E-state index in [0.29, 0.717) is 12.5 Å². The molecule has 3 rings (SSSR count). The lowest BCUT2D eigenvalue weighted by molar-refractivity contribution is 0.254. The highest BCUT2D eigenvalue weighted by molar-refractivity contribution is 14.0. The Morgan fingerprint density at radius 3 is 2.44 bits per heavy atom. The molecule has 0 saturated heterocycles. The quantitative estimate of drug-likeness (QED) is 0.374. The molecule has 0 atom stereocenters. The molecule has 1 saturated carbocycles. The number of halogens is 2. The summed E-state index contributed by atoms with van der Waals surface area (Å²) in [5.41, 5.74) is 8.14. The number of rotatable bonds is 5. The third-order valence-corrected chi connectivity index (χ3v) is 5.00. The Morgan fingerprint density at radius 2 is 1.88 bits per heavy atom. The molecule has 2 aromatic rings. The average molecular weight is 472 g/mol. The summed E-state index contributed by atoms with van der Waals surface area (Å²) in [7, 11) is 1.64. The molecule has 0 amide bonds. The Kier molecular flexibility index (Phi) is 6.95. The van der Waals surface area contributed by atoms with Gasteiger partial charge in [-0.2, -0.15) is 0 Å². The molecule has 1 aliphatic carbocycles. The van der Waals surface area contributed by atoms with Crippen LogP contribution in [-0.4, -0.2) is 19.6 Å². The van der Waals surface area contributed by atoms with Crippen molar-refractivity contribution in [1.82, 2.24) is 0 Å². The van der Waals surface area contributed by atoms with Gasteiger partial charge in [-0.3, -0.25) is 4.99 Å². The largest absolute Gasteiger partial charge is 0.497 e. The standard InChI is InChI=1S/C19H22ClN3O.HI/c1-24-15-9-7-14(8-10-15)23-18(21)22-13-19(11-4-12-19)16-5-2-3-6-17(16)20;/h2-3,5-10H,4,11-13H2,1H3,(H3,21,22,23);1H. The molecule has 2 aromatic carbocycles. The van der Waals surface area contributed by atoms with Crippen LogP contribution in [0.15, 0.2) is 53.5 Å². The minimum absolute atomic E-state index is 0. The molecule has 1 fully saturated rings. The van der Waals surface area contributed by atoms with Crippen molar-refractivity contribution in [2.75, 3.05) is 19.0 Å². The minimum atomic E-state index is 0. The van der Waals surface area contributed by atoms with Crippen LogP contribution in [0.4, 0.5) is 5.69 Å². The van der Waals surface area contributed by atoms with Crippen LogP contribution in [0, 0.1) is 0 Å². The van der Waals surface area contributed by atoms with Gasteiger partial charge < -0.3 is 15.8 Å². The number of nitrogens with two attached hydrogens (primary N) is 1. The van der Waals surface area contributed by atoms with E-state index < -0.39 is 0 Å². The van der Waals surface area contributed by atoms with Gasteiger partial charge in [0.2, 0.25) is 0 Å². The first-order valence-electron chi connectivity index (χ1n) is 8.09. The molecule has 0 aliphatic heterocycles. The van der Waals surface area contributed by atoms with Crippen molar-refractivity contribution in [1.29, 1.82) is 0 Å². The highest BCUT2D eigenvalue weighted by Gasteiger charge is 2.39. The van der Waals surface area contributed by atoms with Crippen LogP contribution >= 0.6 is 35.6 Å². The summed E-state index contributed by atoms with van der Waals surface area (Å²) in [5, 5.41) is 3.93. The Morgan fingerprint density at radius 1 is 1.20 bits per heavy atom. The summed E-state index contributed by atoms with van der Waals surface area (Å²) in [6, 6.07) is 15.6. The van der Waals surface area contributed by atoms with Crippen LogP contribution in [0.5, 0.6) is 5.75 Å². The van der Waals surface area contributed by atoms with E-state index in [2.05, 4.69) is 16.4 Å². The van der Waals surface area contributed by atoms with Gasteiger partial charge in [0.05, 0.1) is 13.7 Å². The van der Waals surface area contributed by atoms with E-state index >= 15 is 0 Å². The molecular weight excluding hydrogens is 449 g/mol. The molecule has 0 radical (unpaired) electrons. The van der Waals surface area contributed by atoms with Gasteiger partial charge in [-0.05, 0) is 48.7 Å². The van der Waals surface area contributed by atoms with Crippen molar-refractivity contribution >= 4 is 47.2 Å². The van der Waals surface area contributed by atoms with Gasteiger partial charge in [-0.25, -0.2) is 0 Å². The molecule has 3 N–H and O–H groups in total. The number of methoxy groups -OCH3 is 1. The van der Waals surface area contributed by atoms with E-state index in [0.717, 1.165) is 29.3 Å². The SMILES string of the molecule is COc1ccc(NC(N)=NCC2(c3ccccc3Cl)CCC2)cc1.I. The first-order valence-corrected chi connectivity index (χ1v) is 8.47. The maximum absolute atomic E-state index is 6.39. The second-order valence-electron chi connectivity index (χ2n) is 6.17. The van der Waals surface area contributed by atoms with Crippen molar-refractivity contribution < 1.29 is 4.74 Å². The van der Waals surface area contributed by atoms with Gasteiger partial charge >= 0.3 is 0 Å². The molecule has 1 aliphatic rings. The number of aliphatic imine (C=N–C) groups is 1. The van der Waals surface area contributed by atoms with Crippen LogP contribution in [0.2, 0.25) is 5.02 Å². The first-order chi connectivity index (χ1) is 11.6. The summed E-state index contributed by atoms with van der Waals surface area (Å²) in [4.78, 5) is 4.57. The lowest BCUT2D eigenvalue weighted by Gasteiger charge is -2.41. The number of guanidine groups is 1. The second-order valence-corrected chi connectivity index (χ2v) is 6.58. The summed E-state index contributed by atoms with van der Waals surface area (Å²) >= 11 is 6.39. The van der Waals surface area contributed by atoms with Crippen LogP contribution in [0.25, 0.3) is 0 Å². The first kappa shape index (κ1) is 19.8. The highest BCUT2D eigenvalue weighted by atomic mass is 127. The zero-order valence-corrected chi connectivity index (χ0v) is 17.3. The molecule has 0 aromatic heterocycles. The third-order valence-electron chi connectivity index (χ3n) is 4.67. The summed E-state index contributed by atoms with van der Waals surface area (Å²) < 4.78 is 5.15. The Labute approximate surface area is 170 Å². The fraction of sp³-hybridized carbons (Fsp3) is 0.316. The normalized spacial score (nSPS) is 15.7. The number of nitrogens with one attached hydrogen (secondary N) is 1. The Balaban J connectivity index is 0.00000225. The molecule has 25 heavy (non-hydrogen) atoms. The Hall–Kier alpha value is -1.47. The van der Waals surface area contributed by atoms with E-state index in [1.54, 1.807) is 7.11 Å². The van der Waals surface area contributed by atoms with E-state index in [1.807, 2.05) is 42.5 Å². The van der Waals surface area contributed by atoms with Crippen molar-refractivity contribution in [2.45, 2.75) is 24.7 Å². The number of ether oxygens (including phenoxy) is 1. The number of anilines is 1. The second kappa shape index (κ2) is 8.76. The van der Waals surface area contributed by atoms with Crippen molar-refractivity contribution in [3.05, 3.63) is 59.1 Å². The third kappa shape index (κ3) is 4.58. The van der Waals surface area contributed by atoms with Gasteiger partial charge in [0.25, 0.3) is 0 Å². The molecule has 0 spiro atoms. The number of nitrogens with zero attached hydrogens (tertiary/aromatic N) is 1. The summed E-state index contributed by atoms with van der Waals surface area (Å²) in [6.07, 6.45) is 3.39. The van der Waals surface area contributed by atoms with Gasteiger partial charge in [-0.15, -0.1) is 24.0 Å². The predicted molar refractivity (Wildman–Crippen MR) is 116 cm³/mol. The molecule has 0 bridgehead atoms. The van der Waals surface area contributed by atoms with E-state index in [4.69, 9.17) is 22.1 Å². The molecule has 4 nitrogen and oxygen atoms in total. The van der Waals surface area contributed by atoms with E-state index in [1.165, 1.54) is 12.0 Å². The van der Waals surface area contributed by atoms with Gasteiger partial charge in [0, 0.05) is 16.1 Å². The zero-order valence-electron chi connectivity index (χ0n) is 14.2. The average Bonchev–Trinajstić information content (AvgIpc) is 2.56. The van der Waals surface area contributed by atoms with Crippen molar-refractivity contribution in [3.63, 3.8) is 0 Å². The molecular formula is C19H23ClIN3O. The number of benzene rings is 2. The highest BCUT2D eigenvalue weighted by Crippen LogP contribution is 2.46. The predicted octanol–water partition coefficient (Wildman–Crippen LogP) is 4.82. The monoisotopic (exact) mass is 471 g/mol. The smallest absolute Gasteiger partial charge is 0.193 e. The van der Waals surface area contributed by atoms with E-state index in [-0.39, 0.29) is 29.4 Å². The molecule has 0 heterocycles. The van der Waals surface area contributed by atoms with Crippen LogP contribution in [0.1, 0.15) is 24.8 Å². The molecule has 134 valence electrons. The van der Waals surface area contributed by atoms with E-state index in [9.17, 15) is 0 Å². The lowest BCUT2D eigenvalue weighted by Crippen LogP contribution is -2.39. The maximum Gasteiger partial charge on any atom is 0.193 e. The molecule has 6 heteroatoms. The van der Waals surface area contributed by atoms with Crippen molar-refractivity contribution in [2.24, 2.45) is 10.7 Å². The topological polar surface area (TPSA) is 59.6 Å².